The first-order chi connectivity index (χ1) is 9.56. The van der Waals surface area contributed by atoms with Crippen molar-refractivity contribution in [3.8, 4) is 0 Å². The molecule has 1 aromatic carbocycles. The van der Waals surface area contributed by atoms with E-state index in [2.05, 4.69) is 60.5 Å². The molecule has 0 aliphatic heterocycles. The number of benzene rings is 1. The lowest BCUT2D eigenvalue weighted by Gasteiger charge is -2.14. The van der Waals surface area contributed by atoms with Gasteiger partial charge >= 0.3 is 0 Å². The highest BCUT2D eigenvalue weighted by Gasteiger charge is 2.07. The third-order valence-corrected chi connectivity index (χ3v) is 3.46. The summed E-state index contributed by atoms with van der Waals surface area (Å²) in [5.41, 5.74) is 2.68. The van der Waals surface area contributed by atoms with Crippen LogP contribution in [0.4, 0.5) is 0 Å². The summed E-state index contributed by atoms with van der Waals surface area (Å²) in [4.78, 5) is 4.19. The van der Waals surface area contributed by atoms with E-state index in [1.54, 1.807) is 0 Å². The van der Waals surface area contributed by atoms with E-state index in [4.69, 9.17) is 4.52 Å². The van der Waals surface area contributed by atoms with Crippen molar-refractivity contribution in [1.29, 1.82) is 0 Å². The number of nitrogens with zero attached hydrogens (tertiary/aromatic N) is 2. The second-order valence-corrected chi connectivity index (χ2v) is 5.48. The molecule has 0 fully saturated rings. The monoisotopic (exact) mass is 273 g/mol. The first-order valence-corrected chi connectivity index (χ1v) is 7.18. The van der Waals surface area contributed by atoms with E-state index in [1.807, 2.05) is 6.92 Å². The number of rotatable bonds is 6. The average molecular weight is 273 g/mol. The summed E-state index contributed by atoms with van der Waals surface area (Å²) in [7, 11) is 0. The van der Waals surface area contributed by atoms with Crippen molar-refractivity contribution in [3.05, 3.63) is 47.1 Å². The molecule has 0 radical (unpaired) electrons. The SMILES string of the molecule is Cc1noc(CCNC(C)c2ccc(C(C)C)cc2)n1. The Morgan fingerprint density at radius 2 is 1.75 bits per heavy atom. The fraction of sp³-hybridized carbons (Fsp3) is 0.500. The minimum atomic E-state index is 0.320. The van der Waals surface area contributed by atoms with Crippen LogP contribution >= 0.6 is 0 Å². The molecule has 4 heteroatoms. The van der Waals surface area contributed by atoms with Crippen LogP contribution in [0.25, 0.3) is 0 Å². The van der Waals surface area contributed by atoms with Crippen LogP contribution in [0.3, 0.4) is 0 Å². The Morgan fingerprint density at radius 3 is 2.30 bits per heavy atom. The summed E-state index contributed by atoms with van der Waals surface area (Å²) in [6.45, 7) is 9.25. The smallest absolute Gasteiger partial charge is 0.227 e. The predicted octanol–water partition coefficient (Wildman–Crippen LogP) is 3.39. The van der Waals surface area contributed by atoms with Crippen LogP contribution in [-0.4, -0.2) is 16.7 Å². The van der Waals surface area contributed by atoms with Gasteiger partial charge in [0.15, 0.2) is 5.82 Å². The number of hydrogen-bond donors (Lipinski definition) is 1. The van der Waals surface area contributed by atoms with Gasteiger partial charge in [-0.15, -0.1) is 0 Å². The maximum atomic E-state index is 5.09. The highest BCUT2D eigenvalue weighted by Crippen LogP contribution is 2.18. The van der Waals surface area contributed by atoms with Crippen molar-refractivity contribution in [1.82, 2.24) is 15.5 Å². The minimum Gasteiger partial charge on any atom is -0.339 e. The first kappa shape index (κ1) is 14.7. The van der Waals surface area contributed by atoms with Crippen LogP contribution in [0, 0.1) is 6.92 Å². The summed E-state index contributed by atoms with van der Waals surface area (Å²) in [6, 6.07) is 9.13. The van der Waals surface area contributed by atoms with Crippen LogP contribution < -0.4 is 5.32 Å². The molecule has 1 heterocycles. The molecule has 0 aliphatic carbocycles. The van der Waals surface area contributed by atoms with Crippen LogP contribution in [0.2, 0.25) is 0 Å². The second-order valence-electron chi connectivity index (χ2n) is 5.48. The van der Waals surface area contributed by atoms with Crippen LogP contribution in [0.15, 0.2) is 28.8 Å². The Bertz CT molecular complexity index is 531. The summed E-state index contributed by atoms with van der Waals surface area (Å²) in [5, 5.41) is 7.26. The molecule has 2 rings (SSSR count). The third-order valence-electron chi connectivity index (χ3n) is 3.46. The molecule has 108 valence electrons. The van der Waals surface area contributed by atoms with Gasteiger partial charge in [-0.1, -0.05) is 43.3 Å². The summed E-state index contributed by atoms with van der Waals surface area (Å²) in [5.74, 6) is 1.96. The van der Waals surface area contributed by atoms with Crippen molar-refractivity contribution in [2.75, 3.05) is 6.54 Å². The van der Waals surface area contributed by atoms with Gasteiger partial charge in [0.25, 0.3) is 0 Å². The molecular weight excluding hydrogens is 250 g/mol. The molecule has 0 saturated heterocycles. The standard InChI is InChI=1S/C16H23N3O/c1-11(2)14-5-7-15(8-6-14)12(3)17-10-9-16-18-13(4)19-20-16/h5-8,11-12,17H,9-10H2,1-4H3. The van der Waals surface area contributed by atoms with Gasteiger partial charge in [0.1, 0.15) is 0 Å². The lowest BCUT2D eigenvalue weighted by Crippen LogP contribution is -2.21. The van der Waals surface area contributed by atoms with Crippen LogP contribution in [-0.2, 0) is 6.42 Å². The molecule has 0 saturated carbocycles. The van der Waals surface area contributed by atoms with E-state index in [9.17, 15) is 0 Å². The average Bonchev–Trinajstić information content (AvgIpc) is 2.84. The lowest BCUT2D eigenvalue weighted by atomic mass is 9.99. The Kier molecular flexibility index (Phi) is 4.90. The number of hydrogen-bond acceptors (Lipinski definition) is 4. The molecular formula is C16H23N3O. The van der Waals surface area contributed by atoms with E-state index in [0.717, 1.165) is 13.0 Å². The van der Waals surface area contributed by atoms with Crippen molar-refractivity contribution in [2.45, 2.75) is 46.1 Å². The zero-order chi connectivity index (χ0) is 14.5. The van der Waals surface area contributed by atoms with E-state index in [0.29, 0.717) is 23.7 Å². The van der Waals surface area contributed by atoms with E-state index in [1.165, 1.54) is 11.1 Å². The van der Waals surface area contributed by atoms with E-state index in [-0.39, 0.29) is 0 Å². The Hall–Kier alpha value is -1.68. The minimum absolute atomic E-state index is 0.320. The van der Waals surface area contributed by atoms with Gasteiger partial charge in [-0.3, -0.25) is 0 Å². The quantitative estimate of drug-likeness (QED) is 0.876. The van der Waals surface area contributed by atoms with Gasteiger partial charge < -0.3 is 9.84 Å². The zero-order valence-corrected chi connectivity index (χ0v) is 12.7. The van der Waals surface area contributed by atoms with Gasteiger partial charge in [-0.25, -0.2) is 0 Å². The fourth-order valence-electron chi connectivity index (χ4n) is 2.12. The van der Waals surface area contributed by atoms with Gasteiger partial charge in [0.2, 0.25) is 5.89 Å². The van der Waals surface area contributed by atoms with E-state index >= 15 is 0 Å². The maximum absolute atomic E-state index is 5.09. The number of aromatic nitrogens is 2. The highest BCUT2D eigenvalue weighted by atomic mass is 16.5. The zero-order valence-electron chi connectivity index (χ0n) is 12.7. The molecule has 20 heavy (non-hydrogen) atoms. The molecule has 0 spiro atoms. The van der Waals surface area contributed by atoms with Crippen molar-refractivity contribution in [2.24, 2.45) is 0 Å². The number of nitrogens with one attached hydrogen (secondary N) is 1. The molecule has 0 aliphatic rings. The molecule has 4 nitrogen and oxygen atoms in total. The first-order valence-electron chi connectivity index (χ1n) is 7.18. The third kappa shape index (κ3) is 3.90. The molecule has 1 aromatic heterocycles. The van der Waals surface area contributed by atoms with Crippen LogP contribution in [0.1, 0.15) is 55.6 Å². The largest absolute Gasteiger partial charge is 0.339 e. The normalized spacial score (nSPS) is 12.8. The topological polar surface area (TPSA) is 51.0 Å². The van der Waals surface area contributed by atoms with Crippen molar-refractivity contribution in [3.63, 3.8) is 0 Å². The van der Waals surface area contributed by atoms with Gasteiger partial charge in [-0.2, -0.15) is 4.98 Å². The Labute approximate surface area is 120 Å². The fourth-order valence-corrected chi connectivity index (χ4v) is 2.12. The molecule has 2 aromatic rings. The summed E-state index contributed by atoms with van der Waals surface area (Å²) in [6.07, 6.45) is 0.759. The van der Waals surface area contributed by atoms with Gasteiger partial charge in [0, 0.05) is 19.0 Å². The van der Waals surface area contributed by atoms with Crippen molar-refractivity contribution < 1.29 is 4.52 Å². The Morgan fingerprint density at radius 1 is 1.10 bits per heavy atom. The second kappa shape index (κ2) is 6.66. The molecule has 1 atom stereocenters. The molecule has 1 N–H and O–H groups in total. The van der Waals surface area contributed by atoms with Gasteiger partial charge in [0.05, 0.1) is 0 Å². The predicted molar refractivity (Wildman–Crippen MR) is 79.7 cm³/mol. The maximum Gasteiger partial charge on any atom is 0.227 e. The molecule has 0 amide bonds. The summed E-state index contributed by atoms with van der Waals surface area (Å²) >= 11 is 0. The highest BCUT2D eigenvalue weighted by molar-refractivity contribution is 5.26. The van der Waals surface area contributed by atoms with Gasteiger partial charge in [-0.05, 0) is 30.9 Å². The lowest BCUT2D eigenvalue weighted by molar-refractivity contribution is 0.370. The molecule has 1 unspecified atom stereocenters. The van der Waals surface area contributed by atoms with Crippen LogP contribution in [0.5, 0.6) is 0 Å². The van der Waals surface area contributed by atoms with Crippen molar-refractivity contribution >= 4 is 0 Å². The Balaban J connectivity index is 1.83. The van der Waals surface area contributed by atoms with E-state index < -0.39 is 0 Å². The number of aryl methyl sites for hydroxylation is 1. The molecule has 0 bridgehead atoms. The summed E-state index contributed by atoms with van der Waals surface area (Å²) < 4.78 is 5.09.